The van der Waals surface area contributed by atoms with Gasteiger partial charge in [0.25, 0.3) is 5.69 Å². The van der Waals surface area contributed by atoms with Gasteiger partial charge in [-0.15, -0.1) is 0 Å². The molecule has 19 heavy (non-hydrogen) atoms. The van der Waals surface area contributed by atoms with Crippen molar-refractivity contribution in [3.63, 3.8) is 0 Å². The topological polar surface area (TPSA) is 75.4 Å². The fourth-order valence-corrected chi connectivity index (χ4v) is 1.62. The molecule has 0 fully saturated rings. The smallest absolute Gasteiger partial charge is 0.295 e. The molecule has 0 heterocycles. The number of nitro benzene ring substituents is 1. The van der Waals surface area contributed by atoms with Gasteiger partial charge in [0.15, 0.2) is 0 Å². The van der Waals surface area contributed by atoms with Crippen LogP contribution in [0.2, 0.25) is 0 Å². The van der Waals surface area contributed by atoms with Gasteiger partial charge < -0.3 is 10.4 Å². The number of hydrogen-bond acceptors (Lipinski definition) is 4. The average molecular weight is 335 g/mol. The third kappa shape index (κ3) is 3.42. The van der Waals surface area contributed by atoms with Crippen LogP contribution in [0.25, 0.3) is 0 Å². The molecule has 0 unspecified atom stereocenters. The third-order valence-electron chi connectivity index (χ3n) is 3.21. The molecule has 0 amide bonds. The fraction of sp³-hybridized carbons (Fsp3) is 0.500. The molecule has 1 aromatic rings. The first-order valence-electron chi connectivity index (χ1n) is 5.60. The van der Waals surface area contributed by atoms with E-state index in [1.807, 2.05) is 0 Å². The van der Waals surface area contributed by atoms with Crippen LogP contribution >= 0.6 is 15.9 Å². The molecule has 0 aromatic heterocycles. The van der Waals surface area contributed by atoms with E-state index in [1.54, 1.807) is 27.7 Å². The number of rotatable bonds is 4. The standard InChI is InChI=1S/C12H16BrFN2O3/c1-11(2,12(3,4)17)15-9-5-7(13)8(14)6-10(9)16(18)19/h5-6,15,17H,1-4H3. The Kier molecular flexibility index (Phi) is 4.21. The molecule has 5 nitrogen and oxygen atoms in total. The average Bonchev–Trinajstić information content (AvgIpc) is 2.20. The van der Waals surface area contributed by atoms with E-state index < -0.39 is 21.9 Å². The van der Waals surface area contributed by atoms with Crippen molar-refractivity contribution >= 4 is 27.3 Å². The highest BCUT2D eigenvalue weighted by Gasteiger charge is 2.36. The van der Waals surface area contributed by atoms with Crippen LogP contribution in [-0.2, 0) is 0 Å². The summed E-state index contributed by atoms with van der Waals surface area (Å²) in [6, 6.07) is 2.13. The molecule has 0 aliphatic heterocycles. The highest BCUT2D eigenvalue weighted by Crippen LogP contribution is 2.34. The zero-order valence-electron chi connectivity index (χ0n) is 11.1. The summed E-state index contributed by atoms with van der Waals surface area (Å²) in [4.78, 5) is 10.3. The molecule has 1 aromatic carbocycles. The predicted octanol–water partition coefficient (Wildman–Crippen LogP) is 3.46. The van der Waals surface area contributed by atoms with E-state index in [2.05, 4.69) is 21.2 Å². The maximum absolute atomic E-state index is 13.4. The summed E-state index contributed by atoms with van der Waals surface area (Å²) in [5, 5.41) is 23.9. The van der Waals surface area contributed by atoms with Crippen molar-refractivity contribution < 1.29 is 14.4 Å². The minimum atomic E-state index is -1.12. The summed E-state index contributed by atoms with van der Waals surface area (Å²) >= 11 is 2.99. The maximum atomic E-state index is 13.4. The molecule has 0 atom stereocenters. The van der Waals surface area contributed by atoms with Crippen molar-refractivity contribution in [3.8, 4) is 0 Å². The van der Waals surface area contributed by atoms with Crippen molar-refractivity contribution in [2.75, 3.05) is 5.32 Å². The molecule has 2 N–H and O–H groups in total. The van der Waals surface area contributed by atoms with Crippen molar-refractivity contribution in [2.45, 2.75) is 38.8 Å². The second-order valence-corrected chi connectivity index (χ2v) is 6.20. The minimum Gasteiger partial charge on any atom is -0.388 e. The van der Waals surface area contributed by atoms with Crippen LogP contribution in [0.3, 0.4) is 0 Å². The largest absolute Gasteiger partial charge is 0.388 e. The molecule has 0 saturated carbocycles. The number of halogens is 2. The quantitative estimate of drug-likeness (QED) is 0.653. The number of aliphatic hydroxyl groups is 1. The molecule has 0 aliphatic rings. The maximum Gasteiger partial charge on any atom is 0.295 e. The van der Waals surface area contributed by atoms with Gasteiger partial charge in [0.1, 0.15) is 11.5 Å². The molecule has 0 aliphatic carbocycles. The Bertz CT molecular complexity index is 512. The second kappa shape index (κ2) is 5.05. The summed E-state index contributed by atoms with van der Waals surface area (Å²) in [7, 11) is 0. The highest BCUT2D eigenvalue weighted by molar-refractivity contribution is 9.10. The lowest BCUT2D eigenvalue weighted by Gasteiger charge is -2.38. The Hall–Kier alpha value is -1.21. The van der Waals surface area contributed by atoms with Crippen LogP contribution in [0.4, 0.5) is 15.8 Å². The summed E-state index contributed by atoms with van der Waals surface area (Å²) in [6.07, 6.45) is 0. The first kappa shape index (κ1) is 15.8. The summed E-state index contributed by atoms with van der Waals surface area (Å²) in [6.45, 7) is 6.58. The van der Waals surface area contributed by atoms with Gasteiger partial charge in [-0.25, -0.2) is 4.39 Å². The van der Waals surface area contributed by atoms with Crippen LogP contribution in [0.1, 0.15) is 27.7 Å². The molecular weight excluding hydrogens is 319 g/mol. The lowest BCUT2D eigenvalue weighted by Crippen LogP contribution is -2.51. The fourth-order valence-electron chi connectivity index (χ4n) is 1.28. The van der Waals surface area contributed by atoms with E-state index in [1.165, 1.54) is 6.07 Å². The predicted molar refractivity (Wildman–Crippen MR) is 74.8 cm³/mol. The Morgan fingerprint density at radius 3 is 2.32 bits per heavy atom. The number of nitrogens with zero attached hydrogens (tertiary/aromatic N) is 1. The summed E-state index contributed by atoms with van der Waals surface area (Å²) < 4.78 is 13.5. The zero-order valence-corrected chi connectivity index (χ0v) is 12.7. The normalized spacial score (nSPS) is 12.4. The number of nitrogens with one attached hydrogen (secondary N) is 1. The molecule has 1 rings (SSSR count). The van der Waals surface area contributed by atoms with E-state index >= 15 is 0 Å². The number of hydrogen-bond donors (Lipinski definition) is 2. The Labute approximate surface area is 119 Å². The lowest BCUT2D eigenvalue weighted by atomic mass is 9.85. The molecule has 0 radical (unpaired) electrons. The highest BCUT2D eigenvalue weighted by atomic mass is 79.9. The SMILES string of the molecule is CC(C)(O)C(C)(C)Nc1cc(Br)c(F)cc1[N+](=O)[O-]. The second-order valence-electron chi connectivity index (χ2n) is 5.35. The van der Waals surface area contributed by atoms with E-state index in [-0.39, 0.29) is 15.8 Å². The van der Waals surface area contributed by atoms with Gasteiger partial charge in [0.05, 0.1) is 26.6 Å². The first-order chi connectivity index (χ1) is 8.45. The van der Waals surface area contributed by atoms with Gasteiger partial charge in [0.2, 0.25) is 0 Å². The van der Waals surface area contributed by atoms with Gasteiger partial charge in [-0.1, -0.05) is 0 Å². The molecule has 0 bridgehead atoms. The van der Waals surface area contributed by atoms with Crippen molar-refractivity contribution in [1.82, 2.24) is 0 Å². The third-order valence-corrected chi connectivity index (χ3v) is 3.82. The van der Waals surface area contributed by atoms with E-state index in [0.717, 1.165) is 6.07 Å². The number of nitro groups is 1. The van der Waals surface area contributed by atoms with E-state index in [9.17, 15) is 19.6 Å². The number of benzene rings is 1. The van der Waals surface area contributed by atoms with Gasteiger partial charge in [-0.3, -0.25) is 10.1 Å². The van der Waals surface area contributed by atoms with Crippen LogP contribution in [0, 0.1) is 15.9 Å². The summed E-state index contributed by atoms with van der Waals surface area (Å²) in [5.41, 5.74) is -2.19. The monoisotopic (exact) mass is 334 g/mol. The van der Waals surface area contributed by atoms with Gasteiger partial charge in [-0.05, 0) is 49.7 Å². The minimum absolute atomic E-state index is 0.118. The Morgan fingerprint density at radius 2 is 1.89 bits per heavy atom. The molecule has 0 spiro atoms. The van der Waals surface area contributed by atoms with Gasteiger partial charge in [0, 0.05) is 0 Å². The van der Waals surface area contributed by atoms with Crippen LogP contribution < -0.4 is 5.32 Å². The van der Waals surface area contributed by atoms with E-state index in [4.69, 9.17) is 0 Å². The molecule has 7 heteroatoms. The molecular formula is C12H16BrFN2O3. The van der Waals surface area contributed by atoms with E-state index in [0.29, 0.717) is 0 Å². The van der Waals surface area contributed by atoms with Gasteiger partial charge in [-0.2, -0.15) is 0 Å². The van der Waals surface area contributed by atoms with Crippen LogP contribution in [-0.4, -0.2) is 21.2 Å². The van der Waals surface area contributed by atoms with Crippen LogP contribution in [0.15, 0.2) is 16.6 Å². The summed E-state index contributed by atoms with van der Waals surface area (Å²) in [5.74, 6) is -0.710. The Morgan fingerprint density at radius 1 is 1.37 bits per heavy atom. The molecule has 106 valence electrons. The van der Waals surface area contributed by atoms with Crippen molar-refractivity contribution in [1.29, 1.82) is 0 Å². The van der Waals surface area contributed by atoms with Crippen molar-refractivity contribution in [2.24, 2.45) is 0 Å². The Balaban J connectivity index is 3.28. The lowest BCUT2D eigenvalue weighted by molar-refractivity contribution is -0.384. The van der Waals surface area contributed by atoms with Crippen LogP contribution in [0.5, 0.6) is 0 Å². The molecule has 0 saturated heterocycles. The first-order valence-corrected chi connectivity index (χ1v) is 6.39. The number of anilines is 1. The zero-order chi connectivity index (χ0) is 15.0. The van der Waals surface area contributed by atoms with Crippen molar-refractivity contribution in [3.05, 3.63) is 32.5 Å². The van der Waals surface area contributed by atoms with Gasteiger partial charge >= 0.3 is 0 Å².